The van der Waals surface area contributed by atoms with Crippen molar-refractivity contribution in [1.82, 2.24) is 9.55 Å². The van der Waals surface area contributed by atoms with Crippen molar-refractivity contribution in [3.05, 3.63) is 54.1 Å². The molecule has 2 atom stereocenters. The lowest BCUT2D eigenvalue weighted by Gasteiger charge is -2.40. The third kappa shape index (κ3) is 4.00. The normalized spacial score (nSPS) is 21.1. The smallest absolute Gasteiger partial charge is 0.337 e. The Balaban J connectivity index is 1.71. The molecule has 5 heteroatoms. The number of fused-ring (bicyclic) bond motifs is 1. The fourth-order valence-electron chi connectivity index (χ4n) is 4.93. The van der Waals surface area contributed by atoms with Crippen molar-refractivity contribution in [1.29, 1.82) is 0 Å². The molecule has 0 radical (unpaired) electrons. The van der Waals surface area contributed by atoms with Gasteiger partial charge in [0.25, 0.3) is 0 Å². The predicted octanol–water partition coefficient (Wildman–Crippen LogP) is 5.95. The first-order valence-corrected chi connectivity index (χ1v) is 10.3. The van der Waals surface area contributed by atoms with Gasteiger partial charge in [-0.15, -0.1) is 0 Å². The van der Waals surface area contributed by atoms with Crippen LogP contribution in [0.5, 0.6) is 0 Å². The number of hydrogen-bond donors (Lipinski definition) is 1. The molecule has 0 spiro atoms. The first kappa shape index (κ1) is 19.5. The molecule has 5 nitrogen and oxygen atoms in total. The third-order valence-electron chi connectivity index (χ3n) is 5.89. The van der Waals surface area contributed by atoms with E-state index in [1.807, 2.05) is 18.2 Å². The second kappa shape index (κ2) is 7.54. The standard InChI is InChI=1S/C24H29N3O2/c1-16-13-19(15-24(2,3)14-16)27-21-8-6-5-7-20(21)26-23(27)25-18-11-9-17(10-12-18)22(28)29-4/h5-12,16,19H,13-15H2,1-4H3,(H,25,26)/t16-,19+/m1/s1. The van der Waals surface area contributed by atoms with Gasteiger partial charge in [0.2, 0.25) is 5.95 Å². The summed E-state index contributed by atoms with van der Waals surface area (Å²) < 4.78 is 7.16. The summed E-state index contributed by atoms with van der Waals surface area (Å²) in [5, 5.41) is 3.49. The van der Waals surface area contributed by atoms with Gasteiger partial charge < -0.3 is 14.6 Å². The molecule has 0 aliphatic heterocycles. The summed E-state index contributed by atoms with van der Waals surface area (Å²) in [4.78, 5) is 16.6. The average Bonchev–Trinajstić information content (AvgIpc) is 3.04. The Labute approximate surface area is 172 Å². The van der Waals surface area contributed by atoms with Crippen LogP contribution in [-0.2, 0) is 4.74 Å². The number of rotatable bonds is 4. The van der Waals surface area contributed by atoms with Crippen LogP contribution in [0.15, 0.2) is 48.5 Å². The number of para-hydroxylation sites is 2. The molecule has 3 aromatic rings. The van der Waals surface area contributed by atoms with E-state index in [2.05, 4.69) is 48.9 Å². The number of carbonyl (C=O) groups is 1. The Morgan fingerprint density at radius 3 is 2.55 bits per heavy atom. The lowest BCUT2D eigenvalue weighted by atomic mass is 9.70. The maximum Gasteiger partial charge on any atom is 0.337 e. The van der Waals surface area contributed by atoms with Gasteiger partial charge in [0.15, 0.2) is 0 Å². The maximum atomic E-state index is 11.7. The third-order valence-corrected chi connectivity index (χ3v) is 5.89. The van der Waals surface area contributed by atoms with Crippen LogP contribution >= 0.6 is 0 Å². The van der Waals surface area contributed by atoms with Crippen molar-refractivity contribution < 1.29 is 9.53 Å². The van der Waals surface area contributed by atoms with E-state index in [0.29, 0.717) is 22.9 Å². The van der Waals surface area contributed by atoms with Gasteiger partial charge in [0.05, 0.1) is 23.7 Å². The second-order valence-electron chi connectivity index (χ2n) is 9.06. The van der Waals surface area contributed by atoms with Crippen LogP contribution in [0.2, 0.25) is 0 Å². The number of imidazole rings is 1. The molecule has 0 saturated heterocycles. The average molecular weight is 392 g/mol. The predicted molar refractivity (Wildman–Crippen MR) is 117 cm³/mol. The summed E-state index contributed by atoms with van der Waals surface area (Å²) in [7, 11) is 1.39. The molecule has 1 aromatic heterocycles. The molecule has 0 bridgehead atoms. The number of hydrogen-bond acceptors (Lipinski definition) is 4. The Morgan fingerprint density at radius 1 is 1.14 bits per heavy atom. The zero-order valence-corrected chi connectivity index (χ0v) is 17.6. The van der Waals surface area contributed by atoms with Gasteiger partial charge in [0.1, 0.15) is 0 Å². The molecule has 1 aliphatic carbocycles. The van der Waals surface area contributed by atoms with Gasteiger partial charge in [-0.3, -0.25) is 0 Å². The Kier molecular flexibility index (Phi) is 5.07. The Bertz CT molecular complexity index is 1020. The van der Waals surface area contributed by atoms with Crippen LogP contribution in [0.4, 0.5) is 11.6 Å². The van der Waals surface area contributed by atoms with Crippen LogP contribution in [0.25, 0.3) is 11.0 Å². The lowest BCUT2D eigenvalue weighted by molar-refractivity contribution is 0.0600. The molecule has 1 saturated carbocycles. The van der Waals surface area contributed by atoms with E-state index in [-0.39, 0.29) is 5.97 Å². The molecule has 2 aromatic carbocycles. The number of aromatic nitrogens is 2. The minimum atomic E-state index is -0.331. The van der Waals surface area contributed by atoms with E-state index in [9.17, 15) is 4.79 Å². The van der Waals surface area contributed by atoms with Gasteiger partial charge in [-0.05, 0) is 67.0 Å². The fourth-order valence-corrected chi connectivity index (χ4v) is 4.93. The second-order valence-corrected chi connectivity index (χ2v) is 9.06. The summed E-state index contributed by atoms with van der Waals surface area (Å²) in [6.07, 6.45) is 3.54. The number of methoxy groups -OCH3 is 1. The van der Waals surface area contributed by atoms with Crippen molar-refractivity contribution in [3.63, 3.8) is 0 Å². The molecule has 1 aliphatic rings. The first-order chi connectivity index (χ1) is 13.9. The summed E-state index contributed by atoms with van der Waals surface area (Å²) in [5.74, 6) is 1.20. The monoisotopic (exact) mass is 391 g/mol. The minimum Gasteiger partial charge on any atom is -0.465 e. The van der Waals surface area contributed by atoms with Gasteiger partial charge in [-0.2, -0.15) is 0 Å². The first-order valence-electron chi connectivity index (χ1n) is 10.3. The van der Waals surface area contributed by atoms with Crippen LogP contribution in [-0.4, -0.2) is 22.6 Å². The number of esters is 1. The van der Waals surface area contributed by atoms with Crippen molar-refractivity contribution in [2.75, 3.05) is 12.4 Å². The van der Waals surface area contributed by atoms with Gasteiger partial charge in [0, 0.05) is 11.7 Å². The van der Waals surface area contributed by atoms with E-state index in [4.69, 9.17) is 9.72 Å². The quantitative estimate of drug-likeness (QED) is 0.558. The molecular weight excluding hydrogens is 362 g/mol. The Morgan fingerprint density at radius 2 is 1.86 bits per heavy atom. The lowest BCUT2D eigenvalue weighted by Crippen LogP contribution is -2.29. The molecule has 1 fully saturated rings. The van der Waals surface area contributed by atoms with E-state index in [1.165, 1.54) is 13.5 Å². The number of benzene rings is 2. The van der Waals surface area contributed by atoms with Gasteiger partial charge >= 0.3 is 5.97 Å². The molecule has 0 unspecified atom stereocenters. The number of ether oxygens (including phenoxy) is 1. The van der Waals surface area contributed by atoms with E-state index >= 15 is 0 Å². The summed E-state index contributed by atoms with van der Waals surface area (Å²) in [6, 6.07) is 16.1. The number of nitrogens with zero attached hydrogens (tertiary/aromatic N) is 2. The zero-order chi connectivity index (χ0) is 20.6. The zero-order valence-electron chi connectivity index (χ0n) is 17.6. The summed E-state index contributed by atoms with van der Waals surface area (Å²) in [6.45, 7) is 7.09. The molecule has 1 N–H and O–H groups in total. The summed E-state index contributed by atoms with van der Waals surface area (Å²) in [5.41, 5.74) is 3.91. The van der Waals surface area contributed by atoms with Crippen LogP contribution in [0.3, 0.4) is 0 Å². The molecule has 0 amide bonds. The maximum absolute atomic E-state index is 11.7. The highest BCUT2D eigenvalue weighted by molar-refractivity contribution is 5.89. The fraction of sp³-hybridized carbons (Fsp3) is 0.417. The number of carbonyl (C=O) groups excluding carboxylic acids is 1. The largest absolute Gasteiger partial charge is 0.465 e. The topological polar surface area (TPSA) is 56.1 Å². The molecule has 1 heterocycles. The van der Waals surface area contributed by atoms with Crippen molar-refractivity contribution in [2.24, 2.45) is 11.3 Å². The van der Waals surface area contributed by atoms with E-state index in [1.54, 1.807) is 12.1 Å². The molecular formula is C24H29N3O2. The minimum absolute atomic E-state index is 0.313. The highest BCUT2D eigenvalue weighted by Crippen LogP contribution is 2.46. The SMILES string of the molecule is COC(=O)c1ccc(Nc2nc3ccccc3n2[C@H]2C[C@@H](C)CC(C)(C)C2)cc1. The highest BCUT2D eigenvalue weighted by Gasteiger charge is 2.34. The van der Waals surface area contributed by atoms with Crippen molar-refractivity contribution in [3.8, 4) is 0 Å². The van der Waals surface area contributed by atoms with E-state index in [0.717, 1.165) is 35.5 Å². The van der Waals surface area contributed by atoms with E-state index < -0.39 is 0 Å². The molecule has 29 heavy (non-hydrogen) atoms. The number of nitrogens with one attached hydrogen (secondary N) is 1. The molecule has 4 rings (SSSR count). The Hall–Kier alpha value is -2.82. The summed E-state index contributed by atoms with van der Waals surface area (Å²) >= 11 is 0. The molecule has 152 valence electrons. The van der Waals surface area contributed by atoms with Crippen LogP contribution in [0.1, 0.15) is 56.4 Å². The number of anilines is 2. The van der Waals surface area contributed by atoms with Gasteiger partial charge in [-0.25, -0.2) is 9.78 Å². The van der Waals surface area contributed by atoms with Gasteiger partial charge in [-0.1, -0.05) is 32.9 Å². The highest BCUT2D eigenvalue weighted by atomic mass is 16.5. The van der Waals surface area contributed by atoms with Crippen LogP contribution in [0, 0.1) is 11.3 Å². The van der Waals surface area contributed by atoms with Crippen molar-refractivity contribution in [2.45, 2.75) is 46.1 Å². The van der Waals surface area contributed by atoms with Crippen molar-refractivity contribution >= 4 is 28.6 Å². The van der Waals surface area contributed by atoms with Crippen LogP contribution < -0.4 is 5.32 Å².